The van der Waals surface area contributed by atoms with Crippen LogP contribution in [0, 0.1) is 0 Å². The molecule has 20 heavy (non-hydrogen) atoms. The molecule has 0 saturated carbocycles. The first kappa shape index (κ1) is 12.5. The molecule has 0 aliphatic carbocycles. The maximum Gasteiger partial charge on any atom is 0.416 e. The Morgan fingerprint density at radius 3 is 2.50 bits per heavy atom. The molecule has 0 atom stereocenters. The van der Waals surface area contributed by atoms with Crippen molar-refractivity contribution in [3.63, 3.8) is 0 Å². The highest BCUT2D eigenvalue weighted by atomic mass is 19.4. The maximum atomic E-state index is 12.7. The molecular formula is C14H8F3NO2. The van der Waals surface area contributed by atoms with Gasteiger partial charge in [0.1, 0.15) is 5.75 Å². The van der Waals surface area contributed by atoms with Crippen molar-refractivity contribution in [1.82, 2.24) is 0 Å². The molecule has 2 aromatic rings. The third-order valence-electron chi connectivity index (χ3n) is 2.91. The lowest BCUT2D eigenvalue weighted by Gasteiger charge is -2.11. The largest absolute Gasteiger partial charge is 0.454 e. The van der Waals surface area contributed by atoms with Crippen molar-refractivity contribution in [3.05, 3.63) is 53.6 Å². The highest BCUT2D eigenvalue weighted by Gasteiger charge is 2.32. The first-order chi connectivity index (χ1) is 9.45. The van der Waals surface area contributed by atoms with Crippen LogP contribution < -0.4 is 10.1 Å². The molecule has 0 spiro atoms. The number of nitrogens with one attached hydrogen (secondary N) is 1. The molecule has 1 heterocycles. The summed E-state index contributed by atoms with van der Waals surface area (Å²) in [5.74, 6) is -0.306. The van der Waals surface area contributed by atoms with E-state index in [-0.39, 0.29) is 11.3 Å². The number of benzene rings is 2. The molecule has 2 aromatic carbocycles. The van der Waals surface area contributed by atoms with Crippen molar-refractivity contribution in [2.45, 2.75) is 6.18 Å². The van der Waals surface area contributed by atoms with Crippen LogP contribution in [0.3, 0.4) is 0 Å². The van der Waals surface area contributed by atoms with Crippen LogP contribution in [-0.4, -0.2) is 5.91 Å². The zero-order chi connectivity index (χ0) is 14.3. The summed E-state index contributed by atoms with van der Waals surface area (Å²) in [5, 5.41) is 2.59. The lowest BCUT2D eigenvalue weighted by Crippen LogP contribution is -2.11. The van der Waals surface area contributed by atoms with Crippen LogP contribution in [0.5, 0.6) is 11.5 Å². The number of rotatable bonds is 0. The van der Waals surface area contributed by atoms with E-state index in [2.05, 4.69) is 5.32 Å². The van der Waals surface area contributed by atoms with Gasteiger partial charge in [0.05, 0.1) is 16.8 Å². The second-order valence-electron chi connectivity index (χ2n) is 4.26. The van der Waals surface area contributed by atoms with Gasteiger partial charge in [-0.2, -0.15) is 13.2 Å². The number of carbonyl (C=O) groups excluding carboxylic acids is 1. The fraction of sp³-hybridized carbons (Fsp3) is 0.0714. The van der Waals surface area contributed by atoms with Gasteiger partial charge in [-0.25, -0.2) is 0 Å². The van der Waals surface area contributed by atoms with Crippen molar-refractivity contribution < 1.29 is 22.7 Å². The van der Waals surface area contributed by atoms with Gasteiger partial charge in [0, 0.05) is 0 Å². The van der Waals surface area contributed by atoms with Crippen molar-refractivity contribution in [2.75, 3.05) is 5.32 Å². The number of ether oxygens (including phenoxy) is 1. The summed E-state index contributed by atoms with van der Waals surface area (Å²) in [4.78, 5) is 12.0. The van der Waals surface area contributed by atoms with Crippen LogP contribution in [0.2, 0.25) is 0 Å². The topological polar surface area (TPSA) is 38.3 Å². The van der Waals surface area contributed by atoms with Crippen LogP contribution in [-0.2, 0) is 6.18 Å². The summed E-state index contributed by atoms with van der Waals surface area (Å²) in [6.07, 6.45) is -4.49. The monoisotopic (exact) mass is 279 g/mol. The quantitative estimate of drug-likeness (QED) is 0.789. The zero-order valence-corrected chi connectivity index (χ0v) is 9.99. The summed E-state index contributed by atoms with van der Waals surface area (Å²) >= 11 is 0. The van der Waals surface area contributed by atoms with E-state index in [1.165, 1.54) is 0 Å². The van der Waals surface area contributed by atoms with Crippen molar-refractivity contribution in [1.29, 1.82) is 0 Å². The van der Waals surface area contributed by atoms with Gasteiger partial charge in [-0.15, -0.1) is 0 Å². The molecule has 3 nitrogen and oxygen atoms in total. The third kappa shape index (κ3) is 2.09. The highest BCUT2D eigenvalue weighted by Crippen LogP contribution is 2.38. The summed E-state index contributed by atoms with van der Waals surface area (Å²) in [7, 11) is 0. The fourth-order valence-corrected chi connectivity index (χ4v) is 1.94. The Balaban J connectivity index is 2.13. The zero-order valence-electron chi connectivity index (χ0n) is 9.99. The standard InChI is InChI=1S/C14H8F3NO2/c15-14(16,17)8-5-6-9-12(7-8)20-11-4-2-1-3-10(11)18-13(9)19/h1-7H,(H,18,19). The minimum Gasteiger partial charge on any atom is -0.454 e. The third-order valence-corrected chi connectivity index (χ3v) is 2.91. The lowest BCUT2D eigenvalue weighted by atomic mass is 10.1. The Hall–Kier alpha value is -2.50. The maximum absolute atomic E-state index is 12.7. The number of amides is 1. The minimum absolute atomic E-state index is 0.0641. The van der Waals surface area contributed by atoms with Crippen molar-refractivity contribution in [2.24, 2.45) is 0 Å². The van der Waals surface area contributed by atoms with E-state index >= 15 is 0 Å². The van der Waals surface area contributed by atoms with Gasteiger partial charge in [-0.3, -0.25) is 4.79 Å². The molecule has 1 N–H and O–H groups in total. The van der Waals surface area contributed by atoms with Crippen molar-refractivity contribution >= 4 is 11.6 Å². The highest BCUT2D eigenvalue weighted by molar-refractivity contribution is 6.08. The number of hydrogen-bond donors (Lipinski definition) is 1. The van der Waals surface area contributed by atoms with E-state index in [0.717, 1.165) is 18.2 Å². The van der Waals surface area contributed by atoms with Gasteiger partial charge in [-0.1, -0.05) is 12.1 Å². The predicted molar refractivity (Wildman–Crippen MR) is 65.9 cm³/mol. The molecule has 0 aromatic heterocycles. The van der Waals surface area contributed by atoms with E-state index in [4.69, 9.17) is 4.74 Å². The molecular weight excluding hydrogens is 271 g/mol. The Bertz CT molecular complexity index is 695. The summed E-state index contributed by atoms with van der Waals surface area (Å²) < 4.78 is 43.5. The number of fused-ring (bicyclic) bond motifs is 2. The Morgan fingerprint density at radius 1 is 1.00 bits per heavy atom. The van der Waals surface area contributed by atoms with Gasteiger partial charge >= 0.3 is 6.18 Å². The van der Waals surface area contributed by atoms with Gasteiger partial charge < -0.3 is 10.1 Å². The number of anilines is 1. The summed E-state index contributed by atoms with van der Waals surface area (Å²) in [6, 6.07) is 9.35. The molecule has 3 rings (SSSR count). The predicted octanol–water partition coefficient (Wildman–Crippen LogP) is 4.06. The number of para-hydroxylation sites is 2. The van der Waals surface area contributed by atoms with Gasteiger partial charge in [0.15, 0.2) is 5.75 Å². The van der Waals surface area contributed by atoms with Gasteiger partial charge in [0.2, 0.25) is 0 Å². The molecule has 0 unspecified atom stereocenters. The van der Waals surface area contributed by atoms with E-state index in [1.807, 2.05) is 0 Å². The fourth-order valence-electron chi connectivity index (χ4n) is 1.94. The number of hydrogen-bond acceptors (Lipinski definition) is 2. The number of halogens is 3. The van der Waals surface area contributed by atoms with Crippen LogP contribution in [0.15, 0.2) is 42.5 Å². The molecule has 1 aliphatic heterocycles. The Morgan fingerprint density at radius 2 is 1.75 bits per heavy atom. The van der Waals surface area contributed by atoms with Crippen LogP contribution in [0.25, 0.3) is 0 Å². The molecule has 0 saturated heterocycles. The molecule has 0 fully saturated rings. The smallest absolute Gasteiger partial charge is 0.416 e. The molecule has 102 valence electrons. The Kier molecular flexibility index (Phi) is 2.67. The second-order valence-corrected chi connectivity index (χ2v) is 4.26. The average molecular weight is 279 g/mol. The summed E-state index contributed by atoms with van der Waals surface area (Å²) in [5.41, 5.74) is -0.375. The number of carbonyl (C=O) groups is 1. The molecule has 0 bridgehead atoms. The minimum atomic E-state index is -4.49. The SMILES string of the molecule is O=C1Nc2ccccc2Oc2cc(C(F)(F)F)ccc21. The van der Waals surface area contributed by atoms with Crippen LogP contribution in [0.4, 0.5) is 18.9 Å². The molecule has 6 heteroatoms. The first-order valence-electron chi connectivity index (χ1n) is 5.74. The molecule has 0 radical (unpaired) electrons. The van der Waals surface area contributed by atoms with E-state index < -0.39 is 17.6 Å². The van der Waals surface area contributed by atoms with E-state index in [9.17, 15) is 18.0 Å². The summed E-state index contributed by atoms with van der Waals surface area (Å²) in [6.45, 7) is 0. The van der Waals surface area contributed by atoms with Gasteiger partial charge in [0.25, 0.3) is 5.91 Å². The molecule has 1 aliphatic rings. The first-order valence-corrected chi connectivity index (χ1v) is 5.74. The van der Waals surface area contributed by atoms with Gasteiger partial charge in [-0.05, 0) is 30.3 Å². The second kappa shape index (κ2) is 4.26. The van der Waals surface area contributed by atoms with Crippen LogP contribution >= 0.6 is 0 Å². The van der Waals surface area contributed by atoms with E-state index in [0.29, 0.717) is 11.4 Å². The average Bonchev–Trinajstić information content (AvgIpc) is 2.53. The van der Waals surface area contributed by atoms with E-state index in [1.54, 1.807) is 24.3 Å². The normalized spacial score (nSPS) is 13.7. The molecule has 1 amide bonds. The van der Waals surface area contributed by atoms with Crippen molar-refractivity contribution in [3.8, 4) is 11.5 Å². The number of alkyl halides is 3. The van der Waals surface area contributed by atoms with Crippen LogP contribution in [0.1, 0.15) is 15.9 Å². The lowest BCUT2D eigenvalue weighted by molar-refractivity contribution is -0.137. The Labute approximate surface area is 112 Å².